The number of hydrogen-bond donors (Lipinski definition) is 2. The van der Waals surface area contributed by atoms with Crippen molar-refractivity contribution in [2.75, 3.05) is 27.2 Å². The molecule has 114 valence electrons. The maximum Gasteiger partial charge on any atom is 0.242 e. The van der Waals surface area contributed by atoms with E-state index < -0.39 is 0 Å². The lowest BCUT2D eigenvalue weighted by Crippen LogP contribution is -2.58. The topological polar surface area (TPSA) is 44.4 Å². The third-order valence-electron chi connectivity index (χ3n) is 3.29. The SMILES string of the molecule is Cc1ccc(C(C(=O)NC2CNC2)N(C)C)cc1.Cl.Cl. The minimum Gasteiger partial charge on any atom is -0.349 e. The number of halogens is 2. The van der Waals surface area contributed by atoms with Crippen molar-refractivity contribution in [2.45, 2.75) is 19.0 Å². The lowest BCUT2D eigenvalue weighted by molar-refractivity contribution is -0.126. The van der Waals surface area contributed by atoms with E-state index in [0.717, 1.165) is 18.7 Å². The van der Waals surface area contributed by atoms with Gasteiger partial charge in [0.05, 0.1) is 6.04 Å². The molecule has 0 aliphatic carbocycles. The minimum absolute atomic E-state index is 0. The second-order valence-electron chi connectivity index (χ2n) is 5.14. The molecule has 1 aliphatic heterocycles. The number of benzene rings is 1. The number of likely N-dealkylation sites (N-methyl/N-ethyl adjacent to an activating group) is 1. The lowest BCUT2D eigenvalue weighted by Gasteiger charge is -2.31. The number of aryl methyl sites for hydroxylation is 1. The lowest BCUT2D eigenvalue weighted by atomic mass is 10.0. The predicted octanol–water partition coefficient (Wildman–Crippen LogP) is 1.53. The first-order valence-electron chi connectivity index (χ1n) is 6.32. The Hall–Kier alpha value is -0.810. The molecule has 1 aromatic rings. The molecule has 1 unspecified atom stereocenters. The molecule has 2 N–H and O–H groups in total. The fraction of sp³-hybridized carbons (Fsp3) is 0.500. The molecule has 0 radical (unpaired) electrons. The zero-order valence-corrected chi connectivity index (χ0v) is 13.7. The van der Waals surface area contributed by atoms with Crippen LogP contribution in [0.25, 0.3) is 0 Å². The molecular weight excluding hydrogens is 297 g/mol. The largest absolute Gasteiger partial charge is 0.349 e. The number of amides is 1. The normalized spacial score (nSPS) is 15.6. The summed E-state index contributed by atoms with van der Waals surface area (Å²) in [5, 5.41) is 6.22. The minimum atomic E-state index is -0.216. The Morgan fingerprint density at radius 3 is 2.20 bits per heavy atom. The highest BCUT2D eigenvalue weighted by Gasteiger charge is 2.27. The summed E-state index contributed by atoms with van der Waals surface area (Å²) in [6.07, 6.45) is 0. The molecule has 6 heteroatoms. The van der Waals surface area contributed by atoms with E-state index in [1.165, 1.54) is 5.56 Å². The molecule has 4 nitrogen and oxygen atoms in total. The van der Waals surface area contributed by atoms with Gasteiger partial charge < -0.3 is 10.6 Å². The molecule has 0 spiro atoms. The van der Waals surface area contributed by atoms with Crippen LogP contribution >= 0.6 is 24.8 Å². The van der Waals surface area contributed by atoms with Crippen LogP contribution in [0.3, 0.4) is 0 Å². The van der Waals surface area contributed by atoms with E-state index in [0.29, 0.717) is 0 Å². The molecule has 2 rings (SSSR count). The van der Waals surface area contributed by atoms with Gasteiger partial charge in [0, 0.05) is 13.1 Å². The first kappa shape index (κ1) is 19.2. The molecule has 0 saturated carbocycles. The van der Waals surface area contributed by atoms with E-state index >= 15 is 0 Å². The van der Waals surface area contributed by atoms with Crippen LogP contribution in [-0.2, 0) is 4.79 Å². The van der Waals surface area contributed by atoms with Gasteiger partial charge in [-0.1, -0.05) is 29.8 Å². The summed E-state index contributed by atoms with van der Waals surface area (Å²) in [5.74, 6) is 0.0790. The van der Waals surface area contributed by atoms with Crippen LogP contribution in [0.4, 0.5) is 0 Å². The molecule has 1 amide bonds. The van der Waals surface area contributed by atoms with Crippen molar-refractivity contribution < 1.29 is 4.79 Å². The van der Waals surface area contributed by atoms with Crippen molar-refractivity contribution in [3.63, 3.8) is 0 Å². The summed E-state index contributed by atoms with van der Waals surface area (Å²) in [4.78, 5) is 14.2. The second kappa shape index (κ2) is 8.47. The summed E-state index contributed by atoms with van der Waals surface area (Å²) in [6.45, 7) is 3.80. The van der Waals surface area contributed by atoms with Gasteiger partial charge in [-0.05, 0) is 26.6 Å². The molecule has 1 atom stereocenters. The quantitative estimate of drug-likeness (QED) is 0.884. The van der Waals surface area contributed by atoms with Gasteiger partial charge >= 0.3 is 0 Å². The van der Waals surface area contributed by atoms with Crippen LogP contribution in [0.2, 0.25) is 0 Å². The molecule has 0 aromatic heterocycles. The summed E-state index contributed by atoms with van der Waals surface area (Å²) >= 11 is 0. The molecule has 1 heterocycles. The molecule has 1 aromatic carbocycles. The van der Waals surface area contributed by atoms with Gasteiger partial charge in [0.2, 0.25) is 5.91 Å². The van der Waals surface area contributed by atoms with Crippen molar-refractivity contribution in [1.82, 2.24) is 15.5 Å². The van der Waals surface area contributed by atoms with E-state index in [1.54, 1.807) is 0 Å². The van der Waals surface area contributed by atoms with Crippen LogP contribution in [-0.4, -0.2) is 44.0 Å². The first-order valence-corrected chi connectivity index (χ1v) is 6.32. The monoisotopic (exact) mass is 319 g/mol. The summed E-state index contributed by atoms with van der Waals surface area (Å²) in [7, 11) is 3.87. The average Bonchev–Trinajstić information content (AvgIpc) is 2.26. The van der Waals surface area contributed by atoms with E-state index in [9.17, 15) is 4.79 Å². The highest BCUT2D eigenvalue weighted by Crippen LogP contribution is 2.19. The van der Waals surface area contributed by atoms with Gasteiger partial charge in [-0.15, -0.1) is 24.8 Å². The van der Waals surface area contributed by atoms with Gasteiger partial charge in [0.15, 0.2) is 0 Å². The van der Waals surface area contributed by atoms with Crippen molar-refractivity contribution in [3.8, 4) is 0 Å². The predicted molar refractivity (Wildman–Crippen MR) is 86.9 cm³/mol. The Kier molecular flexibility index (Phi) is 8.13. The smallest absolute Gasteiger partial charge is 0.242 e. The van der Waals surface area contributed by atoms with E-state index in [-0.39, 0.29) is 42.8 Å². The first-order chi connectivity index (χ1) is 8.58. The fourth-order valence-electron chi connectivity index (χ4n) is 2.10. The van der Waals surface area contributed by atoms with Gasteiger partial charge in [-0.25, -0.2) is 0 Å². The van der Waals surface area contributed by atoms with Crippen LogP contribution < -0.4 is 10.6 Å². The number of rotatable bonds is 4. The van der Waals surface area contributed by atoms with Gasteiger partial charge in [0.1, 0.15) is 6.04 Å². The zero-order valence-electron chi connectivity index (χ0n) is 12.1. The fourth-order valence-corrected chi connectivity index (χ4v) is 2.10. The van der Waals surface area contributed by atoms with E-state index in [4.69, 9.17) is 0 Å². The molecule has 1 aliphatic rings. The van der Waals surface area contributed by atoms with E-state index in [1.807, 2.05) is 43.3 Å². The van der Waals surface area contributed by atoms with Crippen molar-refractivity contribution in [2.24, 2.45) is 0 Å². The molecule has 1 saturated heterocycles. The van der Waals surface area contributed by atoms with Crippen molar-refractivity contribution >= 4 is 30.7 Å². The Morgan fingerprint density at radius 2 is 1.80 bits per heavy atom. The number of carbonyl (C=O) groups is 1. The molecule has 1 fully saturated rings. The average molecular weight is 320 g/mol. The molecule has 20 heavy (non-hydrogen) atoms. The van der Waals surface area contributed by atoms with Gasteiger partial charge in [0.25, 0.3) is 0 Å². The highest BCUT2D eigenvalue weighted by molar-refractivity contribution is 5.85. The molecular formula is C14H23Cl2N3O. The number of carbonyl (C=O) groups excluding carboxylic acids is 1. The van der Waals surface area contributed by atoms with Crippen LogP contribution in [0.5, 0.6) is 0 Å². The van der Waals surface area contributed by atoms with Crippen LogP contribution in [0.1, 0.15) is 17.2 Å². The maximum atomic E-state index is 12.3. The third-order valence-corrected chi connectivity index (χ3v) is 3.29. The third kappa shape index (κ3) is 4.63. The van der Waals surface area contributed by atoms with Crippen molar-refractivity contribution in [3.05, 3.63) is 35.4 Å². The summed E-state index contributed by atoms with van der Waals surface area (Å²) < 4.78 is 0. The highest BCUT2D eigenvalue weighted by atomic mass is 35.5. The number of hydrogen-bond acceptors (Lipinski definition) is 3. The standard InChI is InChI=1S/C14H21N3O.2ClH/c1-10-4-6-11(7-5-10)13(17(2)3)14(18)16-12-8-15-9-12;;/h4-7,12-13,15H,8-9H2,1-3H3,(H,16,18);2*1H. The number of nitrogens with one attached hydrogen (secondary N) is 2. The Balaban J connectivity index is 0.00000180. The Labute approximate surface area is 133 Å². The van der Waals surface area contributed by atoms with Gasteiger partial charge in [-0.3, -0.25) is 9.69 Å². The van der Waals surface area contributed by atoms with Gasteiger partial charge in [-0.2, -0.15) is 0 Å². The summed E-state index contributed by atoms with van der Waals surface area (Å²) in [5.41, 5.74) is 2.25. The van der Waals surface area contributed by atoms with Crippen molar-refractivity contribution in [1.29, 1.82) is 0 Å². The van der Waals surface area contributed by atoms with E-state index in [2.05, 4.69) is 17.6 Å². The Bertz CT molecular complexity index is 419. The van der Waals surface area contributed by atoms with Crippen LogP contribution in [0.15, 0.2) is 24.3 Å². The van der Waals surface area contributed by atoms with Crippen LogP contribution in [0, 0.1) is 6.92 Å². The summed E-state index contributed by atoms with van der Waals surface area (Å²) in [6, 6.07) is 8.21. The second-order valence-corrected chi connectivity index (χ2v) is 5.14. The maximum absolute atomic E-state index is 12.3. The Morgan fingerprint density at radius 1 is 1.25 bits per heavy atom. The molecule has 0 bridgehead atoms. The number of nitrogens with zero attached hydrogens (tertiary/aromatic N) is 1. The zero-order chi connectivity index (χ0) is 13.1.